The maximum atomic E-state index is 7.35. The van der Waals surface area contributed by atoms with Gasteiger partial charge in [-0.25, -0.2) is 0 Å². The second-order valence-corrected chi connectivity index (χ2v) is 2.71. The van der Waals surface area contributed by atoms with Crippen LogP contribution in [0.2, 0.25) is 0 Å². The van der Waals surface area contributed by atoms with E-state index >= 15 is 0 Å². The van der Waals surface area contributed by atoms with Gasteiger partial charge in [0, 0.05) is 8.95 Å². The Morgan fingerprint density at radius 1 is 1.12 bits per heavy atom. The van der Waals surface area contributed by atoms with Crippen molar-refractivity contribution in [1.82, 2.24) is 0 Å². The molecule has 1 rings (SSSR count). The summed E-state index contributed by atoms with van der Waals surface area (Å²) in [5.74, 6) is 0. The number of rotatable bonds is 0. The fourth-order valence-electron chi connectivity index (χ4n) is 0.282. The largest absolute Gasteiger partial charge is 0.0635 e. The summed E-state index contributed by atoms with van der Waals surface area (Å²) in [4.78, 5) is 0. The van der Waals surface area contributed by atoms with Crippen LogP contribution in [0.5, 0.6) is 0 Å². The maximum Gasteiger partial charge on any atom is 0.0635 e. The molecule has 0 saturated heterocycles. The van der Waals surface area contributed by atoms with Crippen LogP contribution in [0.3, 0.4) is 0 Å². The van der Waals surface area contributed by atoms with Gasteiger partial charge in [0.15, 0.2) is 0 Å². The summed E-state index contributed by atoms with van der Waals surface area (Å²) in [6.07, 6.45) is 0. The first-order chi connectivity index (χ1) is 5.46. The number of halogens is 2. The second kappa shape index (κ2) is 2.65. The smallest absolute Gasteiger partial charge is 0.0611 e. The number of benzene rings is 1. The molecule has 0 aliphatic carbocycles. The summed E-state index contributed by atoms with van der Waals surface area (Å²) < 4.78 is 30.0. The van der Waals surface area contributed by atoms with Gasteiger partial charge in [-0.1, -0.05) is 12.1 Å². The van der Waals surface area contributed by atoms with E-state index in [0.29, 0.717) is 8.95 Å². The number of hydrogen-bond donors (Lipinski definition) is 0. The Morgan fingerprint density at radius 2 is 1.50 bits per heavy atom. The average molecular weight is 240 g/mol. The van der Waals surface area contributed by atoms with Crippen molar-refractivity contribution < 1.29 is 5.48 Å². The zero-order valence-electron chi connectivity index (χ0n) is 7.76. The van der Waals surface area contributed by atoms with E-state index in [4.69, 9.17) is 5.48 Å². The van der Waals surface area contributed by atoms with Gasteiger partial charge in [0.1, 0.15) is 0 Å². The molecule has 0 spiro atoms. The van der Waals surface area contributed by atoms with Crippen LogP contribution in [0, 0.1) is 0 Å². The maximum absolute atomic E-state index is 7.35. The van der Waals surface area contributed by atoms with Crippen molar-refractivity contribution >= 4 is 31.9 Å². The lowest BCUT2D eigenvalue weighted by molar-refractivity contribution is 1.59. The first-order valence-corrected chi connectivity index (χ1v) is 3.46. The highest BCUT2D eigenvalue weighted by Gasteiger charge is 1.88. The Labute approximate surface area is 70.8 Å². The van der Waals surface area contributed by atoms with Gasteiger partial charge in [-0.15, -0.1) is 0 Å². The molecule has 0 nitrogen and oxygen atoms in total. The van der Waals surface area contributed by atoms with E-state index in [0.717, 1.165) is 0 Å². The Hall–Kier alpha value is 0.180. The summed E-state index contributed by atoms with van der Waals surface area (Å²) in [6.45, 7) is 0. The summed E-state index contributed by atoms with van der Waals surface area (Å²) in [6, 6.07) is -0.587. The molecule has 2 heteroatoms. The van der Waals surface area contributed by atoms with Gasteiger partial charge in [0.2, 0.25) is 0 Å². The molecule has 0 amide bonds. The second-order valence-electron chi connectivity index (χ2n) is 1.13. The first kappa shape index (κ1) is 2.84. The van der Waals surface area contributed by atoms with Crippen molar-refractivity contribution in [3.05, 3.63) is 33.1 Å². The van der Waals surface area contributed by atoms with Crippen LogP contribution in [0.15, 0.2) is 33.1 Å². The van der Waals surface area contributed by atoms with Crippen LogP contribution < -0.4 is 0 Å². The Kier molecular flexibility index (Phi) is 0.940. The van der Waals surface area contributed by atoms with E-state index in [9.17, 15) is 0 Å². The summed E-state index contributed by atoms with van der Waals surface area (Å²) >= 11 is 6.11. The van der Waals surface area contributed by atoms with Crippen LogP contribution in [0.1, 0.15) is 5.48 Å². The molecular formula is C6H4Br2. The Bertz CT molecular complexity index is 232. The highest BCUT2D eigenvalue weighted by molar-refractivity contribution is 9.13. The average Bonchev–Trinajstić information content (AvgIpc) is 2.08. The van der Waals surface area contributed by atoms with Crippen molar-refractivity contribution in [2.75, 3.05) is 0 Å². The lowest BCUT2D eigenvalue weighted by Gasteiger charge is -1.89. The zero-order chi connectivity index (χ0) is 9.46. The summed E-state index contributed by atoms with van der Waals surface area (Å²) in [5.41, 5.74) is 0. The molecule has 0 bridgehead atoms. The van der Waals surface area contributed by atoms with Gasteiger partial charge in [0.05, 0.1) is 5.48 Å². The quantitative estimate of drug-likeness (QED) is 0.653. The normalized spacial score (nSPS) is 16.2. The molecule has 0 saturated carbocycles. The minimum atomic E-state index is -0.227. The van der Waals surface area contributed by atoms with Crippen LogP contribution in [-0.4, -0.2) is 0 Å². The third-order valence-corrected chi connectivity index (χ3v) is 2.32. The Balaban J connectivity index is 3.60. The van der Waals surface area contributed by atoms with Crippen molar-refractivity contribution in [2.45, 2.75) is 0 Å². The van der Waals surface area contributed by atoms with Crippen LogP contribution in [-0.2, 0) is 0 Å². The predicted molar refractivity (Wildman–Crippen MR) is 41.8 cm³/mol. The molecule has 0 aromatic heterocycles. The molecule has 0 radical (unpaired) electrons. The molecule has 42 valence electrons. The van der Waals surface area contributed by atoms with Gasteiger partial charge in [-0.3, -0.25) is 0 Å². The molecule has 0 heterocycles. The van der Waals surface area contributed by atoms with Crippen molar-refractivity contribution in [2.24, 2.45) is 0 Å². The van der Waals surface area contributed by atoms with E-state index in [1.54, 1.807) is 0 Å². The molecule has 1 aromatic rings. The van der Waals surface area contributed by atoms with Crippen LogP contribution >= 0.6 is 31.9 Å². The molecule has 0 atom stereocenters. The van der Waals surface area contributed by atoms with E-state index < -0.39 is 0 Å². The minimum Gasteiger partial charge on any atom is -0.0611 e. The van der Waals surface area contributed by atoms with E-state index in [1.165, 1.54) is 0 Å². The molecule has 1 aromatic carbocycles. The minimum absolute atomic E-state index is 0.0668. The highest BCUT2D eigenvalue weighted by atomic mass is 79.9. The Morgan fingerprint density at radius 3 is 1.88 bits per heavy atom. The highest BCUT2D eigenvalue weighted by Crippen LogP contribution is 2.20. The van der Waals surface area contributed by atoms with Crippen molar-refractivity contribution in [3.8, 4) is 0 Å². The predicted octanol–water partition coefficient (Wildman–Crippen LogP) is 3.21. The van der Waals surface area contributed by atoms with E-state index in [1.807, 2.05) is 0 Å². The van der Waals surface area contributed by atoms with E-state index in [2.05, 4.69) is 31.9 Å². The molecule has 0 unspecified atom stereocenters. The molecule has 0 N–H and O–H groups in total. The first-order valence-electron chi connectivity index (χ1n) is 3.88. The fraction of sp³-hybridized carbons (Fsp3) is 0. The zero-order valence-corrected chi connectivity index (χ0v) is 6.93. The van der Waals surface area contributed by atoms with Gasteiger partial charge in [0.25, 0.3) is 0 Å². The lowest BCUT2D eigenvalue weighted by atomic mass is 10.4. The van der Waals surface area contributed by atoms with Gasteiger partial charge < -0.3 is 0 Å². The standard InChI is InChI=1S/C6H4Br2/c7-5-3-1-2-4-6(5)8/h1-4H/i1D,2D,3D,4D. The van der Waals surface area contributed by atoms with Gasteiger partial charge >= 0.3 is 0 Å². The van der Waals surface area contributed by atoms with Gasteiger partial charge in [-0.2, -0.15) is 0 Å². The summed E-state index contributed by atoms with van der Waals surface area (Å²) in [7, 11) is 0. The lowest BCUT2D eigenvalue weighted by Crippen LogP contribution is -1.63. The fourth-order valence-corrected chi connectivity index (χ4v) is 0.678. The molecule has 0 fully saturated rings. The van der Waals surface area contributed by atoms with Crippen molar-refractivity contribution in [1.29, 1.82) is 0 Å². The molecular weight excluding hydrogens is 232 g/mol. The topological polar surface area (TPSA) is 0 Å². The number of hydrogen-bond acceptors (Lipinski definition) is 0. The van der Waals surface area contributed by atoms with Crippen molar-refractivity contribution in [3.63, 3.8) is 0 Å². The van der Waals surface area contributed by atoms with E-state index in [-0.39, 0.29) is 24.2 Å². The van der Waals surface area contributed by atoms with Crippen LogP contribution in [0.25, 0.3) is 0 Å². The third-order valence-electron chi connectivity index (χ3n) is 0.600. The molecule has 0 aliphatic rings. The van der Waals surface area contributed by atoms with Gasteiger partial charge in [-0.05, 0) is 43.9 Å². The molecule has 0 aliphatic heterocycles. The third kappa shape index (κ3) is 1.33. The molecule has 8 heavy (non-hydrogen) atoms. The van der Waals surface area contributed by atoms with Crippen LogP contribution in [0.4, 0.5) is 0 Å². The SMILES string of the molecule is [2H]c1c([2H])c([2H])c(Br)c(Br)c1[2H]. The summed E-state index contributed by atoms with van der Waals surface area (Å²) in [5, 5.41) is 0. The monoisotopic (exact) mass is 238 g/mol.